The number of nitrogens with zero attached hydrogens (tertiary/aromatic N) is 2. The van der Waals surface area contributed by atoms with E-state index in [1.54, 1.807) is 6.20 Å². The fraction of sp³-hybridized carbons (Fsp3) is 0.429. The lowest BCUT2D eigenvalue weighted by Gasteiger charge is -2.14. The molecule has 1 aromatic heterocycles. The summed E-state index contributed by atoms with van der Waals surface area (Å²) < 4.78 is 0. The Hall–Kier alpha value is -1.58. The maximum absolute atomic E-state index is 9.03. The topological polar surface area (TPSA) is 36.7 Å². The second-order valence-corrected chi connectivity index (χ2v) is 10.4. The van der Waals surface area contributed by atoms with Crippen LogP contribution in [0.15, 0.2) is 18.3 Å². The highest BCUT2D eigenvalue weighted by Gasteiger charge is 2.19. The minimum Gasteiger partial charge on any atom is -0.247 e. The average Bonchev–Trinajstić information content (AvgIpc) is 2.26. The summed E-state index contributed by atoms with van der Waals surface area (Å²) >= 11 is 0. The third-order valence-corrected chi connectivity index (χ3v) is 3.21. The molecule has 0 unspecified atom stereocenters. The Bertz CT molecular complexity index is 490. The van der Waals surface area contributed by atoms with Gasteiger partial charge in [-0.3, -0.25) is 0 Å². The standard InChI is InChI=1S/C14H18N2Si/c1-14(2,11-15)12-6-7-13(16-10-12)8-9-17(3,4)5/h6-7,10H,1-5H3. The molecule has 0 N–H and O–H groups in total. The first kappa shape index (κ1) is 13.5. The van der Waals surface area contributed by atoms with Gasteiger partial charge >= 0.3 is 0 Å². The highest BCUT2D eigenvalue weighted by molar-refractivity contribution is 6.83. The molecule has 0 fully saturated rings. The Labute approximate surface area is 105 Å². The first-order valence-corrected chi connectivity index (χ1v) is 9.15. The van der Waals surface area contributed by atoms with Crippen molar-refractivity contribution >= 4 is 8.07 Å². The van der Waals surface area contributed by atoms with E-state index >= 15 is 0 Å². The van der Waals surface area contributed by atoms with Crippen LogP contribution in [0.4, 0.5) is 0 Å². The van der Waals surface area contributed by atoms with E-state index in [1.165, 1.54) is 0 Å². The molecule has 0 amide bonds. The van der Waals surface area contributed by atoms with Crippen molar-refractivity contribution in [1.82, 2.24) is 4.98 Å². The van der Waals surface area contributed by atoms with Crippen molar-refractivity contribution in [2.75, 3.05) is 0 Å². The average molecular weight is 242 g/mol. The monoisotopic (exact) mass is 242 g/mol. The molecule has 1 heterocycles. The van der Waals surface area contributed by atoms with E-state index in [1.807, 2.05) is 26.0 Å². The Morgan fingerprint density at radius 1 is 1.24 bits per heavy atom. The van der Waals surface area contributed by atoms with E-state index in [2.05, 4.69) is 42.2 Å². The maximum Gasteiger partial charge on any atom is 0.129 e. The second-order valence-electron chi connectivity index (χ2n) is 5.67. The molecule has 0 saturated heterocycles. The van der Waals surface area contributed by atoms with Crippen molar-refractivity contribution in [3.05, 3.63) is 29.6 Å². The lowest BCUT2D eigenvalue weighted by atomic mass is 9.87. The third kappa shape index (κ3) is 4.05. The lowest BCUT2D eigenvalue weighted by Crippen LogP contribution is -2.16. The molecule has 0 saturated carbocycles. The van der Waals surface area contributed by atoms with E-state index < -0.39 is 13.5 Å². The van der Waals surface area contributed by atoms with Crippen molar-refractivity contribution in [2.24, 2.45) is 0 Å². The molecule has 0 spiro atoms. The molecule has 1 aromatic rings. The number of hydrogen-bond acceptors (Lipinski definition) is 2. The summed E-state index contributed by atoms with van der Waals surface area (Å²) in [4.78, 5) is 4.29. The number of aromatic nitrogens is 1. The van der Waals surface area contributed by atoms with E-state index in [9.17, 15) is 0 Å². The summed E-state index contributed by atoms with van der Waals surface area (Å²) in [6, 6.07) is 6.09. The molecule has 0 radical (unpaired) electrons. The first-order chi connectivity index (χ1) is 7.74. The molecule has 88 valence electrons. The largest absolute Gasteiger partial charge is 0.247 e. The maximum atomic E-state index is 9.03. The van der Waals surface area contributed by atoms with E-state index in [0.29, 0.717) is 0 Å². The Morgan fingerprint density at radius 3 is 2.29 bits per heavy atom. The summed E-state index contributed by atoms with van der Waals surface area (Å²) in [5, 5.41) is 9.03. The SMILES string of the molecule is CC(C)(C#N)c1ccc(C#C[Si](C)(C)C)nc1. The van der Waals surface area contributed by atoms with Gasteiger partial charge in [-0.2, -0.15) is 5.26 Å². The molecule has 0 aromatic carbocycles. The zero-order valence-electron chi connectivity index (χ0n) is 11.1. The summed E-state index contributed by atoms with van der Waals surface area (Å²) in [7, 11) is -1.35. The predicted octanol–water partition coefficient (Wildman–Crippen LogP) is 3.11. The number of hydrogen-bond donors (Lipinski definition) is 0. The van der Waals surface area contributed by atoms with Crippen LogP contribution in [0, 0.1) is 22.8 Å². The normalized spacial score (nSPS) is 11.3. The molecule has 0 aliphatic carbocycles. The van der Waals surface area contributed by atoms with E-state index in [0.717, 1.165) is 11.3 Å². The zero-order valence-corrected chi connectivity index (χ0v) is 12.1. The van der Waals surface area contributed by atoms with Gasteiger partial charge in [0.2, 0.25) is 0 Å². The van der Waals surface area contributed by atoms with Gasteiger partial charge < -0.3 is 0 Å². The van der Waals surface area contributed by atoms with Crippen LogP contribution < -0.4 is 0 Å². The van der Waals surface area contributed by atoms with Crippen LogP contribution in [-0.2, 0) is 5.41 Å². The van der Waals surface area contributed by atoms with Crippen LogP contribution in [0.2, 0.25) is 19.6 Å². The summed E-state index contributed by atoms with van der Waals surface area (Å²) in [5.74, 6) is 3.10. The van der Waals surface area contributed by atoms with Crippen LogP contribution in [0.5, 0.6) is 0 Å². The molecular formula is C14H18N2Si. The van der Waals surface area contributed by atoms with Crippen molar-refractivity contribution < 1.29 is 0 Å². The molecule has 0 atom stereocenters. The Morgan fingerprint density at radius 2 is 1.88 bits per heavy atom. The highest BCUT2D eigenvalue weighted by atomic mass is 28.3. The van der Waals surface area contributed by atoms with Gasteiger partial charge in [-0.25, -0.2) is 4.98 Å². The highest BCUT2D eigenvalue weighted by Crippen LogP contribution is 2.20. The predicted molar refractivity (Wildman–Crippen MR) is 73.1 cm³/mol. The van der Waals surface area contributed by atoms with Gasteiger partial charge in [0.25, 0.3) is 0 Å². The molecule has 0 bridgehead atoms. The van der Waals surface area contributed by atoms with Gasteiger partial charge in [-0.05, 0) is 25.5 Å². The van der Waals surface area contributed by atoms with Gasteiger partial charge in [0.15, 0.2) is 0 Å². The minimum absolute atomic E-state index is 0.488. The van der Waals surface area contributed by atoms with Crippen molar-refractivity contribution in [1.29, 1.82) is 5.26 Å². The molecule has 2 nitrogen and oxygen atoms in total. The molecule has 0 aliphatic rings. The summed E-state index contributed by atoms with van der Waals surface area (Å²) in [6.07, 6.45) is 1.75. The third-order valence-electron chi connectivity index (χ3n) is 2.33. The van der Waals surface area contributed by atoms with Gasteiger partial charge in [-0.15, -0.1) is 5.54 Å². The molecule has 1 rings (SSSR count). The summed E-state index contributed by atoms with van der Waals surface area (Å²) in [6.45, 7) is 10.4. The molecule has 0 aliphatic heterocycles. The van der Waals surface area contributed by atoms with E-state index in [4.69, 9.17) is 5.26 Å². The number of rotatable bonds is 1. The van der Waals surface area contributed by atoms with Crippen LogP contribution in [-0.4, -0.2) is 13.1 Å². The molecule has 17 heavy (non-hydrogen) atoms. The van der Waals surface area contributed by atoms with Crippen molar-refractivity contribution in [2.45, 2.75) is 38.9 Å². The van der Waals surface area contributed by atoms with Crippen molar-refractivity contribution in [3.8, 4) is 17.5 Å². The fourth-order valence-electron chi connectivity index (χ4n) is 1.15. The fourth-order valence-corrected chi connectivity index (χ4v) is 1.66. The van der Waals surface area contributed by atoms with Crippen LogP contribution in [0.3, 0.4) is 0 Å². The van der Waals surface area contributed by atoms with E-state index in [-0.39, 0.29) is 0 Å². The number of pyridine rings is 1. The number of nitriles is 1. The van der Waals surface area contributed by atoms with Gasteiger partial charge in [-0.1, -0.05) is 31.6 Å². The molecule has 3 heteroatoms. The second kappa shape index (κ2) is 4.73. The molecular weight excluding hydrogens is 224 g/mol. The Balaban J connectivity index is 2.97. The van der Waals surface area contributed by atoms with Gasteiger partial charge in [0.1, 0.15) is 13.8 Å². The summed E-state index contributed by atoms with van der Waals surface area (Å²) in [5.41, 5.74) is 4.49. The van der Waals surface area contributed by atoms with Gasteiger partial charge in [0, 0.05) is 6.20 Å². The van der Waals surface area contributed by atoms with Crippen LogP contribution in [0.1, 0.15) is 25.1 Å². The van der Waals surface area contributed by atoms with Gasteiger partial charge in [0.05, 0.1) is 11.5 Å². The van der Waals surface area contributed by atoms with Crippen LogP contribution in [0.25, 0.3) is 0 Å². The lowest BCUT2D eigenvalue weighted by molar-refractivity contribution is 0.682. The quantitative estimate of drug-likeness (QED) is 0.560. The van der Waals surface area contributed by atoms with Crippen LogP contribution >= 0.6 is 0 Å². The zero-order chi connectivity index (χ0) is 13.1. The first-order valence-electron chi connectivity index (χ1n) is 5.65. The minimum atomic E-state index is -1.35. The van der Waals surface area contributed by atoms with Crippen molar-refractivity contribution in [3.63, 3.8) is 0 Å². The smallest absolute Gasteiger partial charge is 0.129 e. The Kier molecular flexibility index (Phi) is 3.75.